The second-order valence-corrected chi connectivity index (χ2v) is 10.3. The molecule has 2 saturated heterocycles. The first-order valence-electron chi connectivity index (χ1n) is 12.3. The van der Waals surface area contributed by atoms with E-state index in [-0.39, 0.29) is 0 Å². The van der Waals surface area contributed by atoms with E-state index in [1.165, 1.54) is 37.7 Å². The molecule has 178 valence electrons. The lowest BCUT2D eigenvalue weighted by molar-refractivity contribution is 0.187. The van der Waals surface area contributed by atoms with Crippen LogP contribution in [0.3, 0.4) is 0 Å². The fourth-order valence-electron chi connectivity index (χ4n) is 5.38. The number of nitrogens with zero attached hydrogens (tertiary/aromatic N) is 6. The number of likely N-dealkylation sites (N-methyl/N-ethyl adjacent to an activating group) is 1. The number of likely N-dealkylation sites (tertiary alicyclic amines) is 1. The van der Waals surface area contributed by atoms with Gasteiger partial charge in [0.15, 0.2) is 0 Å². The van der Waals surface area contributed by atoms with E-state index in [1.807, 2.05) is 19.1 Å². The molecular formula is C25H35ClN6O. The number of aryl methyl sites for hydroxylation is 1. The van der Waals surface area contributed by atoms with Crippen LogP contribution in [-0.4, -0.2) is 63.6 Å². The summed E-state index contributed by atoms with van der Waals surface area (Å²) in [4.78, 5) is 21.7. The fraction of sp³-hybridized carbons (Fsp3) is 0.640. The third-order valence-corrected chi connectivity index (χ3v) is 7.73. The number of pyridine rings is 1. The van der Waals surface area contributed by atoms with Gasteiger partial charge in [0.1, 0.15) is 12.4 Å². The summed E-state index contributed by atoms with van der Waals surface area (Å²) >= 11 is 6.45. The second-order valence-electron chi connectivity index (χ2n) is 9.91. The number of aromatic nitrogens is 3. The van der Waals surface area contributed by atoms with Gasteiger partial charge in [-0.15, -0.1) is 0 Å². The van der Waals surface area contributed by atoms with Gasteiger partial charge in [-0.1, -0.05) is 11.6 Å². The summed E-state index contributed by atoms with van der Waals surface area (Å²) in [7, 11) is 2.17. The van der Waals surface area contributed by atoms with E-state index < -0.39 is 0 Å². The number of hydrogen-bond donors (Lipinski definition) is 0. The Morgan fingerprint density at radius 2 is 1.94 bits per heavy atom. The number of hydrogen-bond acceptors (Lipinski definition) is 7. The second kappa shape index (κ2) is 9.72. The molecule has 0 N–H and O–H groups in total. The first kappa shape index (κ1) is 22.8. The molecule has 2 aromatic rings. The minimum Gasteiger partial charge on any atom is -0.462 e. The number of rotatable bonds is 6. The van der Waals surface area contributed by atoms with E-state index in [4.69, 9.17) is 26.3 Å². The zero-order valence-electron chi connectivity index (χ0n) is 20.1. The van der Waals surface area contributed by atoms with Gasteiger partial charge in [-0.3, -0.25) is 9.88 Å². The van der Waals surface area contributed by atoms with Gasteiger partial charge in [-0.25, -0.2) is 0 Å². The third-order valence-electron chi connectivity index (χ3n) is 7.39. The summed E-state index contributed by atoms with van der Waals surface area (Å²) in [5.74, 6) is 1.06. The Morgan fingerprint density at radius 3 is 2.73 bits per heavy atom. The van der Waals surface area contributed by atoms with Crippen molar-refractivity contribution in [3.63, 3.8) is 0 Å². The molecule has 8 heteroatoms. The van der Waals surface area contributed by atoms with Gasteiger partial charge in [0.25, 0.3) is 0 Å². The number of ether oxygens (including phenoxy) is 1. The molecule has 0 aromatic carbocycles. The first-order chi connectivity index (χ1) is 16.0. The summed E-state index contributed by atoms with van der Waals surface area (Å²) in [6, 6.07) is 5.35. The molecule has 0 spiro atoms. The van der Waals surface area contributed by atoms with Crippen LogP contribution in [0.1, 0.15) is 61.7 Å². The lowest BCUT2D eigenvalue weighted by Crippen LogP contribution is -2.39. The highest BCUT2D eigenvalue weighted by atomic mass is 35.5. The molecule has 5 heterocycles. The molecule has 0 bridgehead atoms. The van der Waals surface area contributed by atoms with Gasteiger partial charge >= 0.3 is 6.01 Å². The maximum absolute atomic E-state index is 6.45. The van der Waals surface area contributed by atoms with Gasteiger partial charge in [-0.2, -0.15) is 9.97 Å². The Balaban J connectivity index is 1.40. The molecular weight excluding hydrogens is 436 g/mol. The normalized spacial score (nSPS) is 23.8. The average molecular weight is 471 g/mol. The fourth-order valence-corrected chi connectivity index (χ4v) is 5.55. The molecule has 3 aliphatic rings. The van der Waals surface area contributed by atoms with Crippen LogP contribution in [-0.2, 0) is 19.6 Å². The standard InChI is InChI=1S/C25H35ClN6O/c1-17-9-10-21(26)23(27-17)15-31-13-20-22(14-31)28-25(33-16-19-8-6-11-30(19)3)29-24(20)32-12-5-4-7-18(32)2/h9-10,18-19H,4-8,11-16H2,1-3H3/t18-,19-/m0/s1. The monoisotopic (exact) mass is 470 g/mol. The smallest absolute Gasteiger partial charge is 0.318 e. The van der Waals surface area contributed by atoms with Crippen molar-refractivity contribution in [3.8, 4) is 6.01 Å². The maximum atomic E-state index is 6.45. The predicted octanol–water partition coefficient (Wildman–Crippen LogP) is 4.20. The van der Waals surface area contributed by atoms with Gasteiger partial charge in [0.2, 0.25) is 0 Å². The molecule has 7 nitrogen and oxygen atoms in total. The maximum Gasteiger partial charge on any atom is 0.318 e. The highest BCUT2D eigenvalue weighted by Gasteiger charge is 2.31. The minimum absolute atomic E-state index is 0.449. The Hall–Kier alpha value is -1.96. The molecule has 0 radical (unpaired) electrons. The van der Waals surface area contributed by atoms with Gasteiger partial charge in [-0.05, 0) is 71.7 Å². The van der Waals surface area contributed by atoms with Crippen molar-refractivity contribution < 1.29 is 4.74 Å². The summed E-state index contributed by atoms with van der Waals surface area (Å²) in [6.45, 7) is 9.42. The first-order valence-corrected chi connectivity index (χ1v) is 12.7. The van der Waals surface area contributed by atoms with Crippen molar-refractivity contribution in [3.05, 3.63) is 39.8 Å². The van der Waals surface area contributed by atoms with Crippen molar-refractivity contribution in [1.29, 1.82) is 0 Å². The lowest BCUT2D eigenvalue weighted by Gasteiger charge is -2.35. The Bertz CT molecular complexity index is 1000. The quantitative estimate of drug-likeness (QED) is 0.627. The molecule has 33 heavy (non-hydrogen) atoms. The number of fused-ring (bicyclic) bond motifs is 1. The van der Waals surface area contributed by atoms with Crippen molar-refractivity contribution in [2.75, 3.05) is 31.6 Å². The summed E-state index contributed by atoms with van der Waals surface area (Å²) in [6.07, 6.45) is 6.10. The van der Waals surface area contributed by atoms with Crippen molar-refractivity contribution in [2.24, 2.45) is 0 Å². The molecule has 0 unspecified atom stereocenters. The van der Waals surface area contributed by atoms with Crippen molar-refractivity contribution >= 4 is 17.4 Å². The van der Waals surface area contributed by atoms with Crippen LogP contribution >= 0.6 is 11.6 Å². The Kier molecular flexibility index (Phi) is 6.72. The average Bonchev–Trinajstić information content (AvgIpc) is 3.40. The van der Waals surface area contributed by atoms with E-state index in [9.17, 15) is 0 Å². The van der Waals surface area contributed by atoms with Gasteiger partial charge in [0.05, 0.1) is 16.4 Å². The van der Waals surface area contributed by atoms with Crippen LogP contribution in [0.5, 0.6) is 6.01 Å². The van der Waals surface area contributed by atoms with Crippen molar-refractivity contribution in [2.45, 2.75) is 77.7 Å². The van der Waals surface area contributed by atoms with Gasteiger partial charge in [0, 0.05) is 49.5 Å². The topological polar surface area (TPSA) is 57.6 Å². The van der Waals surface area contributed by atoms with Crippen LogP contribution in [0.4, 0.5) is 5.82 Å². The van der Waals surface area contributed by atoms with Crippen molar-refractivity contribution in [1.82, 2.24) is 24.8 Å². The third kappa shape index (κ3) is 4.96. The van der Waals surface area contributed by atoms with E-state index in [2.05, 4.69) is 33.7 Å². The van der Waals surface area contributed by atoms with E-state index in [0.717, 1.165) is 54.1 Å². The molecule has 5 rings (SSSR count). The predicted molar refractivity (Wildman–Crippen MR) is 131 cm³/mol. The summed E-state index contributed by atoms with van der Waals surface area (Å²) in [5.41, 5.74) is 4.22. The molecule has 0 saturated carbocycles. The Morgan fingerprint density at radius 1 is 1.06 bits per heavy atom. The molecule has 2 aromatic heterocycles. The number of halogens is 1. The van der Waals surface area contributed by atoms with E-state index in [1.54, 1.807) is 0 Å². The largest absolute Gasteiger partial charge is 0.462 e. The zero-order valence-corrected chi connectivity index (χ0v) is 20.8. The van der Waals surface area contributed by atoms with Crippen LogP contribution in [0.2, 0.25) is 5.02 Å². The van der Waals surface area contributed by atoms with Crippen LogP contribution in [0.25, 0.3) is 0 Å². The van der Waals surface area contributed by atoms with Gasteiger partial charge < -0.3 is 14.5 Å². The van der Waals surface area contributed by atoms with E-state index in [0.29, 0.717) is 31.2 Å². The Labute approximate surface area is 202 Å². The lowest BCUT2D eigenvalue weighted by atomic mass is 10.0. The minimum atomic E-state index is 0.449. The highest BCUT2D eigenvalue weighted by Crippen LogP contribution is 2.35. The molecule has 2 atom stereocenters. The molecule has 0 amide bonds. The summed E-state index contributed by atoms with van der Waals surface area (Å²) in [5, 5.41) is 0.720. The molecule has 3 aliphatic heterocycles. The SMILES string of the molecule is Cc1ccc(Cl)c(CN2Cc3nc(OC[C@@H]4CCCN4C)nc(N4CCCC[C@@H]4C)c3C2)n1. The molecule has 2 fully saturated rings. The highest BCUT2D eigenvalue weighted by molar-refractivity contribution is 6.31. The van der Waals surface area contributed by atoms with Crippen LogP contribution < -0.4 is 9.64 Å². The van der Waals surface area contributed by atoms with E-state index >= 15 is 0 Å². The number of anilines is 1. The zero-order chi connectivity index (χ0) is 22.9. The molecule has 0 aliphatic carbocycles. The van der Waals surface area contributed by atoms with Crippen LogP contribution in [0, 0.1) is 6.92 Å². The summed E-state index contributed by atoms with van der Waals surface area (Å²) < 4.78 is 6.20. The van der Waals surface area contributed by atoms with Crippen LogP contribution in [0.15, 0.2) is 12.1 Å². The number of piperidine rings is 1.